The first-order valence-corrected chi connectivity index (χ1v) is 6.08. The second-order valence-corrected chi connectivity index (χ2v) is 4.03. The van der Waals surface area contributed by atoms with Crippen LogP contribution in [0.1, 0.15) is 5.76 Å². The summed E-state index contributed by atoms with van der Waals surface area (Å²) in [4.78, 5) is 11.9. The molecule has 2 aromatic rings. The monoisotopic (exact) mass is 282 g/mol. The Hall–Kier alpha value is -3.13. The molecule has 0 atom stereocenters. The molecule has 4 nitrogen and oxygen atoms in total. The van der Waals surface area contributed by atoms with Crippen LogP contribution < -0.4 is 5.32 Å². The molecular weight excluding hydrogens is 271 g/mol. The molecule has 0 saturated carbocycles. The van der Waals surface area contributed by atoms with Crippen LogP contribution in [-0.2, 0) is 4.79 Å². The highest BCUT2D eigenvalue weighted by Gasteiger charge is 2.08. The molecule has 0 radical (unpaired) electrons. The van der Waals surface area contributed by atoms with E-state index in [1.807, 2.05) is 0 Å². The van der Waals surface area contributed by atoms with Crippen LogP contribution >= 0.6 is 0 Å². The van der Waals surface area contributed by atoms with E-state index in [1.165, 1.54) is 36.6 Å². The van der Waals surface area contributed by atoms with E-state index in [9.17, 15) is 9.18 Å². The average Bonchev–Trinajstić information content (AvgIpc) is 2.99. The SMILES string of the molecule is N#CC(=CC=Cc1ccco1)C(=O)Nc1ccc(F)cc1. The molecule has 1 heterocycles. The lowest BCUT2D eigenvalue weighted by molar-refractivity contribution is -0.112. The maximum atomic E-state index is 12.8. The molecule has 104 valence electrons. The fraction of sp³-hybridized carbons (Fsp3) is 0. The van der Waals surface area contributed by atoms with Gasteiger partial charge >= 0.3 is 0 Å². The fourth-order valence-corrected chi connectivity index (χ4v) is 1.52. The molecule has 0 unspecified atom stereocenters. The molecule has 1 aromatic carbocycles. The van der Waals surface area contributed by atoms with Crippen LogP contribution in [0, 0.1) is 17.1 Å². The maximum Gasteiger partial charge on any atom is 0.266 e. The molecule has 1 amide bonds. The Morgan fingerprint density at radius 3 is 2.67 bits per heavy atom. The van der Waals surface area contributed by atoms with Gasteiger partial charge in [-0.25, -0.2) is 4.39 Å². The van der Waals surface area contributed by atoms with Crippen molar-refractivity contribution in [2.45, 2.75) is 0 Å². The predicted octanol–water partition coefficient (Wildman–Crippen LogP) is 3.52. The number of rotatable bonds is 4. The van der Waals surface area contributed by atoms with Crippen molar-refractivity contribution < 1.29 is 13.6 Å². The van der Waals surface area contributed by atoms with Gasteiger partial charge in [0.15, 0.2) is 0 Å². The summed E-state index contributed by atoms with van der Waals surface area (Å²) in [5.74, 6) is -0.346. The highest BCUT2D eigenvalue weighted by Crippen LogP contribution is 2.10. The first-order valence-electron chi connectivity index (χ1n) is 6.08. The number of furan rings is 1. The van der Waals surface area contributed by atoms with Crippen LogP contribution in [0.25, 0.3) is 6.08 Å². The third-order valence-corrected chi connectivity index (χ3v) is 2.53. The zero-order chi connectivity index (χ0) is 15.1. The Morgan fingerprint density at radius 2 is 2.05 bits per heavy atom. The van der Waals surface area contributed by atoms with E-state index in [4.69, 9.17) is 9.68 Å². The third-order valence-electron chi connectivity index (χ3n) is 2.53. The van der Waals surface area contributed by atoms with Gasteiger partial charge in [0.25, 0.3) is 5.91 Å². The molecule has 0 aliphatic carbocycles. The highest BCUT2D eigenvalue weighted by molar-refractivity contribution is 6.06. The molecule has 0 spiro atoms. The van der Waals surface area contributed by atoms with Crippen LogP contribution in [0.3, 0.4) is 0 Å². The summed E-state index contributed by atoms with van der Waals surface area (Å²) in [6.07, 6.45) is 6.07. The smallest absolute Gasteiger partial charge is 0.266 e. The second-order valence-electron chi connectivity index (χ2n) is 4.03. The molecule has 1 aromatic heterocycles. The number of carbonyl (C=O) groups excluding carboxylic acids is 1. The number of halogens is 1. The lowest BCUT2D eigenvalue weighted by Gasteiger charge is -2.03. The highest BCUT2D eigenvalue weighted by atomic mass is 19.1. The summed E-state index contributed by atoms with van der Waals surface area (Å²) in [6, 6.07) is 10.6. The number of nitrogens with one attached hydrogen (secondary N) is 1. The van der Waals surface area contributed by atoms with Gasteiger partial charge in [0, 0.05) is 5.69 Å². The Bertz CT molecular complexity index is 708. The molecule has 21 heavy (non-hydrogen) atoms. The van der Waals surface area contributed by atoms with Gasteiger partial charge in [0.05, 0.1) is 6.26 Å². The van der Waals surface area contributed by atoms with E-state index in [-0.39, 0.29) is 5.57 Å². The quantitative estimate of drug-likeness (QED) is 0.530. The van der Waals surface area contributed by atoms with Crippen molar-refractivity contribution in [1.82, 2.24) is 0 Å². The minimum Gasteiger partial charge on any atom is -0.465 e. The lowest BCUT2D eigenvalue weighted by Crippen LogP contribution is -2.13. The number of allylic oxidation sites excluding steroid dienone is 2. The van der Waals surface area contributed by atoms with Gasteiger partial charge < -0.3 is 9.73 Å². The molecule has 2 rings (SSSR count). The van der Waals surface area contributed by atoms with Crippen LogP contribution in [0.2, 0.25) is 0 Å². The Kier molecular flexibility index (Phi) is 4.67. The molecule has 0 fully saturated rings. The van der Waals surface area contributed by atoms with Crippen molar-refractivity contribution in [2.75, 3.05) is 5.32 Å². The van der Waals surface area contributed by atoms with Crippen molar-refractivity contribution in [2.24, 2.45) is 0 Å². The summed E-state index contributed by atoms with van der Waals surface area (Å²) in [7, 11) is 0. The molecule has 0 aliphatic heterocycles. The molecule has 0 bridgehead atoms. The fourth-order valence-electron chi connectivity index (χ4n) is 1.52. The minimum atomic E-state index is -0.562. The lowest BCUT2D eigenvalue weighted by atomic mass is 10.2. The Balaban J connectivity index is 2.04. The predicted molar refractivity (Wildman–Crippen MR) is 76.5 cm³/mol. The van der Waals surface area contributed by atoms with Crippen molar-refractivity contribution >= 4 is 17.7 Å². The van der Waals surface area contributed by atoms with E-state index >= 15 is 0 Å². The van der Waals surface area contributed by atoms with Gasteiger partial charge in [0.2, 0.25) is 0 Å². The van der Waals surface area contributed by atoms with Crippen LogP contribution in [0.15, 0.2) is 64.8 Å². The molecule has 0 saturated heterocycles. The number of nitrogens with zero attached hydrogens (tertiary/aromatic N) is 1. The van der Waals surface area contributed by atoms with Crippen molar-refractivity contribution in [3.63, 3.8) is 0 Å². The van der Waals surface area contributed by atoms with E-state index in [0.717, 1.165) is 0 Å². The summed E-state index contributed by atoms with van der Waals surface area (Å²) < 4.78 is 17.8. The number of hydrogen-bond acceptors (Lipinski definition) is 3. The first kappa shape index (κ1) is 14.3. The number of amides is 1. The second kappa shape index (κ2) is 6.87. The zero-order valence-corrected chi connectivity index (χ0v) is 10.9. The largest absolute Gasteiger partial charge is 0.465 e. The van der Waals surface area contributed by atoms with Gasteiger partial charge in [-0.15, -0.1) is 0 Å². The van der Waals surface area contributed by atoms with Gasteiger partial charge in [-0.2, -0.15) is 5.26 Å². The standard InChI is InChI=1S/C16H11FN2O2/c17-13-6-8-14(9-7-13)19-16(20)12(11-18)3-1-4-15-5-2-10-21-15/h1-10H,(H,19,20). The third kappa shape index (κ3) is 4.18. The summed E-state index contributed by atoms with van der Waals surface area (Å²) in [5.41, 5.74) is 0.347. The van der Waals surface area contributed by atoms with Gasteiger partial charge in [-0.1, -0.05) is 6.08 Å². The molecule has 1 N–H and O–H groups in total. The van der Waals surface area contributed by atoms with Crippen molar-refractivity contribution in [1.29, 1.82) is 5.26 Å². The minimum absolute atomic E-state index is 0.0675. The van der Waals surface area contributed by atoms with Gasteiger partial charge in [-0.3, -0.25) is 4.79 Å². The van der Waals surface area contributed by atoms with E-state index in [2.05, 4.69) is 5.32 Å². The summed E-state index contributed by atoms with van der Waals surface area (Å²) >= 11 is 0. The van der Waals surface area contributed by atoms with Crippen LogP contribution in [0.4, 0.5) is 10.1 Å². The van der Waals surface area contributed by atoms with Crippen LogP contribution in [0.5, 0.6) is 0 Å². The average molecular weight is 282 g/mol. The Labute approximate surface area is 120 Å². The van der Waals surface area contributed by atoms with E-state index in [1.54, 1.807) is 30.4 Å². The normalized spacial score (nSPS) is 11.3. The van der Waals surface area contributed by atoms with E-state index < -0.39 is 11.7 Å². The summed E-state index contributed by atoms with van der Waals surface area (Å²) in [6.45, 7) is 0. The van der Waals surface area contributed by atoms with Gasteiger partial charge in [-0.05, 0) is 48.6 Å². The molecular formula is C16H11FN2O2. The molecule has 0 aliphatic rings. The zero-order valence-electron chi connectivity index (χ0n) is 10.9. The van der Waals surface area contributed by atoms with Crippen molar-refractivity contribution in [3.05, 3.63) is 72.0 Å². The van der Waals surface area contributed by atoms with Gasteiger partial charge in [0.1, 0.15) is 23.2 Å². The Morgan fingerprint density at radius 1 is 1.29 bits per heavy atom. The number of hydrogen-bond donors (Lipinski definition) is 1. The number of nitriles is 1. The van der Waals surface area contributed by atoms with Crippen LogP contribution in [-0.4, -0.2) is 5.91 Å². The topological polar surface area (TPSA) is 66.0 Å². The maximum absolute atomic E-state index is 12.8. The summed E-state index contributed by atoms with van der Waals surface area (Å²) in [5, 5.41) is 11.5. The number of benzene rings is 1. The number of carbonyl (C=O) groups is 1. The van der Waals surface area contributed by atoms with Crippen molar-refractivity contribution in [3.8, 4) is 6.07 Å². The van der Waals surface area contributed by atoms with E-state index in [0.29, 0.717) is 11.4 Å². The first-order chi connectivity index (χ1) is 10.2. The number of anilines is 1. The molecule has 5 heteroatoms.